The molecule has 0 bridgehead atoms. The van der Waals surface area contributed by atoms with E-state index >= 15 is 0 Å². The third-order valence-electron chi connectivity index (χ3n) is 4.52. The van der Waals surface area contributed by atoms with Gasteiger partial charge in [0.05, 0.1) is 9.21 Å². The summed E-state index contributed by atoms with van der Waals surface area (Å²) in [5.41, 5.74) is -0.960. The molecule has 1 aliphatic carbocycles. The van der Waals surface area contributed by atoms with E-state index in [0.29, 0.717) is 35.1 Å². The van der Waals surface area contributed by atoms with Crippen LogP contribution in [0.4, 0.5) is 0 Å². The van der Waals surface area contributed by atoms with Gasteiger partial charge in [-0.15, -0.1) is 11.3 Å². The number of nitrogens with zero attached hydrogens (tertiary/aromatic N) is 1. The lowest BCUT2D eigenvalue weighted by molar-refractivity contribution is -0.142. The van der Waals surface area contributed by atoms with Gasteiger partial charge in [-0.25, -0.2) is 0 Å². The van der Waals surface area contributed by atoms with Crippen molar-refractivity contribution in [1.82, 2.24) is 10.2 Å². The van der Waals surface area contributed by atoms with Gasteiger partial charge in [0.1, 0.15) is 5.54 Å². The van der Waals surface area contributed by atoms with E-state index in [4.69, 9.17) is 11.6 Å². The molecule has 1 aromatic rings. The number of carbonyl (C=O) groups excluding carboxylic acids is 3. The van der Waals surface area contributed by atoms with Crippen LogP contribution in [-0.2, 0) is 9.59 Å². The Kier molecular flexibility index (Phi) is 6.40. The zero-order chi connectivity index (χ0) is 17.7. The zero-order valence-corrected chi connectivity index (χ0v) is 15.6. The Hall–Kier alpha value is -1.40. The highest BCUT2D eigenvalue weighted by Crippen LogP contribution is 2.30. The molecule has 2 rings (SSSR count). The maximum Gasteiger partial charge on any atom is 0.294 e. The molecule has 1 fully saturated rings. The molecule has 1 saturated carbocycles. The Labute approximate surface area is 151 Å². The molecular formula is C17H23ClN2O3S. The molecule has 0 aromatic carbocycles. The fourth-order valence-electron chi connectivity index (χ4n) is 3.18. The van der Waals surface area contributed by atoms with Gasteiger partial charge in [0, 0.05) is 13.1 Å². The largest absolute Gasteiger partial charge is 0.341 e. The van der Waals surface area contributed by atoms with Gasteiger partial charge in [-0.05, 0) is 38.8 Å². The summed E-state index contributed by atoms with van der Waals surface area (Å²) in [7, 11) is 0. The molecule has 0 aliphatic heterocycles. The fraction of sp³-hybridized carbons (Fsp3) is 0.588. The van der Waals surface area contributed by atoms with E-state index in [1.807, 2.05) is 13.8 Å². The predicted octanol–water partition coefficient (Wildman–Crippen LogP) is 3.27. The average molecular weight is 371 g/mol. The summed E-state index contributed by atoms with van der Waals surface area (Å²) in [6, 6.07) is 3.12. The first kappa shape index (κ1) is 18.9. The third kappa shape index (κ3) is 3.98. The van der Waals surface area contributed by atoms with Crippen molar-refractivity contribution in [3.63, 3.8) is 0 Å². The van der Waals surface area contributed by atoms with Crippen molar-refractivity contribution in [3.05, 3.63) is 21.3 Å². The number of amides is 2. The smallest absolute Gasteiger partial charge is 0.294 e. The Morgan fingerprint density at radius 2 is 1.79 bits per heavy atom. The lowest BCUT2D eigenvalue weighted by Gasteiger charge is -2.39. The molecule has 7 heteroatoms. The number of ketones is 1. The SMILES string of the molecule is CCN(CC)C(=O)C1(NC(=O)C(=O)c2ccc(Cl)s2)CCCCC1. The monoisotopic (exact) mass is 370 g/mol. The summed E-state index contributed by atoms with van der Waals surface area (Å²) in [4.78, 5) is 39.8. The molecule has 5 nitrogen and oxygen atoms in total. The summed E-state index contributed by atoms with van der Waals surface area (Å²) in [5, 5.41) is 2.77. The first-order chi connectivity index (χ1) is 11.4. The molecule has 0 spiro atoms. The van der Waals surface area contributed by atoms with Crippen LogP contribution in [0.2, 0.25) is 4.34 Å². The summed E-state index contributed by atoms with van der Waals surface area (Å²) in [6.07, 6.45) is 3.93. The van der Waals surface area contributed by atoms with Gasteiger partial charge >= 0.3 is 0 Å². The van der Waals surface area contributed by atoms with Gasteiger partial charge in [0.2, 0.25) is 5.91 Å². The number of hydrogen-bond acceptors (Lipinski definition) is 4. The highest BCUT2D eigenvalue weighted by Gasteiger charge is 2.43. The van der Waals surface area contributed by atoms with Crippen LogP contribution in [0, 0.1) is 0 Å². The van der Waals surface area contributed by atoms with Crippen molar-refractivity contribution in [2.75, 3.05) is 13.1 Å². The third-order valence-corrected chi connectivity index (χ3v) is 5.75. The van der Waals surface area contributed by atoms with Crippen LogP contribution >= 0.6 is 22.9 Å². The summed E-state index contributed by atoms with van der Waals surface area (Å²) >= 11 is 6.90. The quantitative estimate of drug-likeness (QED) is 0.617. The van der Waals surface area contributed by atoms with E-state index in [2.05, 4.69) is 5.32 Å². The van der Waals surface area contributed by atoms with Gasteiger partial charge in [-0.1, -0.05) is 30.9 Å². The zero-order valence-electron chi connectivity index (χ0n) is 14.1. The molecule has 1 aromatic heterocycles. The van der Waals surface area contributed by atoms with Gasteiger partial charge in [0.25, 0.3) is 11.7 Å². The van der Waals surface area contributed by atoms with Crippen LogP contribution in [0.15, 0.2) is 12.1 Å². The highest BCUT2D eigenvalue weighted by molar-refractivity contribution is 7.18. The first-order valence-corrected chi connectivity index (χ1v) is 9.54. The second-order valence-electron chi connectivity index (χ2n) is 6.01. The van der Waals surface area contributed by atoms with E-state index in [1.54, 1.807) is 11.0 Å². The maximum atomic E-state index is 13.0. The molecule has 0 atom stereocenters. The average Bonchev–Trinajstić information content (AvgIpc) is 3.02. The van der Waals surface area contributed by atoms with Crippen molar-refractivity contribution in [2.45, 2.75) is 51.5 Å². The fourth-order valence-corrected chi connectivity index (χ4v) is 4.16. The summed E-state index contributed by atoms with van der Waals surface area (Å²) < 4.78 is 0.456. The number of thiophene rings is 1. The summed E-state index contributed by atoms with van der Waals surface area (Å²) in [5.74, 6) is -1.45. The number of Topliss-reactive ketones (excluding diaryl/α,β-unsaturated/α-hetero) is 1. The lowest BCUT2D eigenvalue weighted by atomic mass is 9.80. The molecule has 1 N–H and O–H groups in total. The van der Waals surface area contributed by atoms with E-state index in [1.165, 1.54) is 6.07 Å². The van der Waals surface area contributed by atoms with Crippen LogP contribution in [0.1, 0.15) is 55.6 Å². The van der Waals surface area contributed by atoms with Crippen molar-refractivity contribution in [2.24, 2.45) is 0 Å². The molecule has 0 saturated heterocycles. The van der Waals surface area contributed by atoms with Crippen LogP contribution in [-0.4, -0.2) is 41.1 Å². The van der Waals surface area contributed by atoms with E-state index in [0.717, 1.165) is 30.6 Å². The number of halogens is 1. The van der Waals surface area contributed by atoms with Crippen LogP contribution < -0.4 is 5.32 Å². The first-order valence-electron chi connectivity index (χ1n) is 8.35. The standard InChI is InChI=1S/C17H23ClN2O3S/c1-3-20(4-2)16(23)17(10-6-5-7-11-17)19-15(22)14(21)12-8-9-13(18)24-12/h8-9H,3-7,10-11H2,1-2H3,(H,19,22). The highest BCUT2D eigenvalue weighted by atomic mass is 35.5. The minimum Gasteiger partial charge on any atom is -0.341 e. The van der Waals surface area contributed by atoms with Gasteiger partial charge in [0.15, 0.2) is 0 Å². The van der Waals surface area contributed by atoms with E-state index in [-0.39, 0.29) is 5.91 Å². The summed E-state index contributed by atoms with van der Waals surface area (Å²) in [6.45, 7) is 5.00. The van der Waals surface area contributed by atoms with Crippen molar-refractivity contribution in [1.29, 1.82) is 0 Å². The normalized spacial score (nSPS) is 16.5. The van der Waals surface area contributed by atoms with Crippen molar-refractivity contribution in [3.8, 4) is 0 Å². The van der Waals surface area contributed by atoms with Crippen LogP contribution in [0.5, 0.6) is 0 Å². The second-order valence-corrected chi connectivity index (χ2v) is 7.72. The number of carbonyl (C=O) groups is 3. The number of hydrogen-bond donors (Lipinski definition) is 1. The molecular weight excluding hydrogens is 348 g/mol. The minimum atomic E-state index is -0.960. The Bertz CT molecular complexity index is 619. The van der Waals surface area contributed by atoms with Crippen molar-refractivity contribution >= 4 is 40.5 Å². The Morgan fingerprint density at radius 3 is 2.29 bits per heavy atom. The van der Waals surface area contributed by atoms with Crippen molar-refractivity contribution < 1.29 is 14.4 Å². The predicted molar refractivity (Wildman–Crippen MR) is 95.5 cm³/mol. The molecule has 24 heavy (non-hydrogen) atoms. The van der Waals surface area contributed by atoms with E-state index < -0.39 is 17.2 Å². The Morgan fingerprint density at radius 1 is 1.17 bits per heavy atom. The van der Waals surface area contributed by atoms with Crippen LogP contribution in [0.25, 0.3) is 0 Å². The topological polar surface area (TPSA) is 66.5 Å². The maximum absolute atomic E-state index is 13.0. The number of rotatable bonds is 6. The number of likely N-dealkylation sites (N-methyl/N-ethyl adjacent to an activating group) is 1. The molecule has 2 amide bonds. The second kappa shape index (κ2) is 8.12. The Balaban J connectivity index is 2.20. The molecule has 132 valence electrons. The number of nitrogens with one attached hydrogen (secondary N) is 1. The van der Waals surface area contributed by atoms with Gasteiger partial charge in [-0.2, -0.15) is 0 Å². The van der Waals surface area contributed by atoms with E-state index in [9.17, 15) is 14.4 Å². The van der Waals surface area contributed by atoms with Gasteiger partial charge in [-0.3, -0.25) is 14.4 Å². The molecule has 1 heterocycles. The molecule has 1 aliphatic rings. The molecule has 0 unspecified atom stereocenters. The molecule has 0 radical (unpaired) electrons. The minimum absolute atomic E-state index is 0.0856. The van der Waals surface area contributed by atoms with Gasteiger partial charge < -0.3 is 10.2 Å². The van der Waals surface area contributed by atoms with Crippen LogP contribution in [0.3, 0.4) is 0 Å². The lowest BCUT2D eigenvalue weighted by Crippen LogP contribution is -2.61.